The van der Waals surface area contributed by atoms with E-state index in [2.05, 4.69) is 45.5 Å². The van der Waals surface area contributed by atoms with E-state index in [1.807, 2.05) is 6.92 Å². The molecule has 1 atom stereocenters. The third-order valence-corrected chi connectivity index (χ3v) is 5.37. The van der Waals surface area contributed by atoms with Crippen LogP contribution in [0.3, 0.4) is 0 Å². The van der Waals surface area contributed by atoms with Gasteiger partial charge in [-0.15, -0.1) is 0 Å². The Bertz CT molecular complexity index is 662. The molecular weight excluding hydrogens is 286 g/mol. The number of benzene rings is 1. The van der Waals surface area contributed by atoms with Crippen LogP contribution in [0.15, 0.2) is 30.3 Å². The van der Waals surface area contributed by atoms with Crippen molar-refractivity contribution in [2.75, 3.05) is 13.1 Å². The molecule has 4 nitrogen and oxygen atoms in total. The summed E-state index contributed by atoms with van der Waals surface area (Å²) in [7, 11) is 0. The maximum absolute atomic E-state index is 12.2. The van der Waals surface area contributed by atoms with Crippen LogP contribution in [0.25, 0.3) is 10.9 Å². The number of carbonyl (C=O) groups excluding carboxylic acids is 1. The van der Waals surface area contributed by atoms with Gasteiger partial charge in [0.05, 0.1) is 6.04 Å². The number of para-hydroxylation sites is 1. The Morgan fingerprint density at radius 1 is 1.22 bits per heavy atom. The third kappa shape index (κ3) is 3.13. The Balaban J connectivity index is 1.37. The van der Waals surface area contributed by atoms with Gasteiger partial charge in [0.15, 0.2) is 0 Å². The van der Waals surface area contributed by atoms with E-state index < -0.39 is 0 Å². The van der Waals surface area contributed by atoms with Crippen LogP contribution in [-0.2, 0) is 4.79 Å². The lowest BCUT2D eigenvalue weighted by Gasteiger charge is -2.35. The summed E-state index contributed by atoms with van der Waals surface area (Å²) in [6, 6.07) is 11.2. The Morgan fingerprint density at radius 3 is 2.65 bits per heavy atom. The molecule has 2 fully saturated rings. The second-order valence-electron chi connectivity index (χ2n) is 7.08. The number of hydrogen-bond donors (Lipinski definition) is 2. The Hall–Kier alpha value is -1.81. The van der Waals surface area contributed by atoms with Crippen LogP contribution in [-0.4, -0.2) is 41.0 Å². The van der Waals surface area contributed by atoms with Crippen LogP contribution in [0.2, 0.25) is 0 Å². The minimum absolute atomic E-state index is 0.000681. The fraction of sp³-hybridized carbons (Fsp3) is 0.526. The summed E-state index contributed by atoms with van der Waals surface area (Å²) in [5.41, 5.74) is 2.57. The molecule has 4 heteroatoms. The monoisotopic (exact) mass is 311 g/mol. The Labute approximate surface area is 137 Å². The SMILES string of the molecule is C[C@@H](C(=O)NC1CC1)N1CCC(c2cc3ccccc3[nH]2)CC1. The van der Waals surface area contributed by atoms with Gasteiger partial charge in [-0.05, 0) is 63.2 Å². The van der Waals surface area contributed by atoms with Gasteiger partial charge in [-0.1, -0.05) is 18.2 Å². The van der Waals surface area contributed by atoms with Crippen molar-refractivity contribution in [2.45, 2.75) is 50.6 Å². The van der Waals surface area contributed by atoms with Crippen molar-refractivity contribution in [3.05, 3.63) is 36.0 Å². The van der Waals surface area contributed by atoms with Crippen molar-refractivity contribution in [1.82, 2.24) is 15.2 Å². The fourth-order valence-electron chi connectivity index (χ4n) is 3.63. The maximum Gasteiger partial charge on any atom is 0.237 e. The zero-order chi connectivity index (χ0) is 15.8. The summed E-state index contributed by atoms with van der Waals surface area (Å²) >= 11 is 0. The van der Waals surface area contributed by atoms with E-state index in [9.17, 15) is 4.79 Å². The summed E-state index contributed by atoms with van der Waals surface area (Å²) in [5, 5.41) is 4.42. The summed E-state index contributed by atoms with van der Waals surface area (Å²) in [6.45, 7) is 4.04. The van der Waals surface area contributed by atoms with Gasteiger partial charge >= 0.3 is 0 Å². The number of aromatic nitrogens is 1. The van der Waals surface area contributed by atoms with Gasteiger partial charge in [-0.2, -0.15) is 0 Å². The number of rotatable bonds is 4. The van der Waals surface area contributed by atoms with E-state index in [1.165, 1.54) is 16.6 Å². The Kier molecular flexibility index (Phi) is 3.85. The molecule has 1 aliphatic carbocycles. The van der Waals surface area contributed by atoms with Crippen molar-refractivity contribution in [3.8, 4) is 0 Å². The van der Waals surface area contributed by atoms with E-state index in [1.54, 1.807) is 0 Å². The number of piperidine rings is 1. The first kappa shape index (κ1) is 14.8. The van der Waals surface area contributed by atoms with Gasteiger partial charge in [0.2, 0.25) is 5.91 Å². The predicted molar refractivity (Wildman–Crippen MR) is 92.5 cm³/mol. The van der Waals surface area contributed by atoms with E-state index in [-0.39, 0.29) is 11.9 Å². The van der Waals surface area contributed by atoms with E-state index >= 15 is 0 Å². The minimum Gasteiger partial charge on any atom is -0.358 e. The van der Waals surface area contributed by atoms with Crippen molar-refractivity contribution in [3.63, 3.8) is 0 Å². The van der Waals surface area contributed by atoms with E-state index in [0.717, 1.165) is 38.8 Å². The van der Waals surface area contributed by atoms with Crippen LogP contribution in [0.5, 0.6) is 0 Å². The molecule has 1 saturated carbocycles. The highest BCUT2D eigenvalue weighted by Gasteiger charge is 2.31. The number of carbonyl (C=O) groups is 1. The third-order valence-electron chi connectivity index (χ3n) is 5.37. The fourth-order valence-corrected chi connectivity index (χ4v) is 3.63. The summed E-state index contributed by atoms with van der Waals surface area (Å²) in [5.74, 6) is 0.786. The number of nitrogens with zero attached hydrogens (tertiary/aromatic N) is 1. The van der Waals surface area contributed by atoms with Gasteiger partial charge in [-0.25, -0.2) is 0 Å². The molecule has 2 aliphatic rings. The van der Waals surface area contributed by atoms with Crippen LogP contribution in [0, 0.1) is 0 Å². The molecule has 0 radical (unpaired) electrons. The largest absolute Gasteiger partial charge is 0.358 e. The molecule has 2 aromatic rings. The molecule has 1 aromatic carbocycles. The normalized spacial score (nSPS) is 21.4. The molecule has 1 aromatic heterocycles. The van der Waals surface area contributed by atoms with Crippen molar-refractivity contribution in [1.29, 1.82) is 0 Å². The molecule has 0 spiro atoms. The zero-order valence-electron chi connectivity index (χ0n) is 13.7. The van der Waals surface area contributed by atoms with Crippen LogP contribution in [0.4, 0.5) is 0 Å². The van der Waals surface area contributed by atoms with Crippen LogP contribution < -0.4 is 5.32 Å². The zero-order valence-corrected chi connectivity index (χ0v) is 13.7. The molecule has 0 bridgehead atoms. The number of nitrogens with one attached hydrogen (secondary N) is 2. The highest BCUT2D eigenvalue weighted by molar-refractivity contribution is 5.82. The van der Waals surface area contributed by atoms with Crippen molar-refractivity contribution >= 4 is 16.8 Å². The highest BCUT2D eigenvalue weighted by atomic mass is 16.2. The molecule has 1 amide bonds. The number of aromatic amines is 1. The smallest absolute Gasteiger partial charge is 0.237 e. The quantitative estimate of drug-likeness (QED) is 0.912. The molecule has 4 rings (SSSR count). The summed E-state index contributed by atoms with van der Waals surface area (Å²) in [6.07, 6.45) is 4.55. The van der Waals surface area contributed by atoms with Gasteiger partial charge in [0.25, 0.3) is 0 Å². The summed E-state index contributed by atoms with van der Waals surface area (Å²) < 4.78 is 0. The molecule has 2 N–H and O–H groups in total. The predicted octanol–water partition coefficient (Wildman–Crippen LogP) is 3.01. The number of hydrogen-bond acceptors (Lipinski definition) is 2. The van der Waals surface area contributed by atoms with Crippen LogP contribution in [0.1, 0.15) is 44.2 Å². The van der Waals surface area contributed by atoms with Gasteiger partial charge in [-0.3, -0.25) is 9.69 Å². The molecule has 2 heterocycles. The number of fused-ring (bicyclic) bond motifs is 1. The van der Waals surface area contributed by atoms with Gasteiger partial charge in [0, 0.05) is 23.2 Å². The molecule has 0 unspecified atom stereocenters. The highest BCUT2D eigenvalue weighted by Crippen LogP contribution is 2.30. The minimum atomic E-state index is -0.000681. The maximum atomic E-state index is 12.2. The lowest BCUT2D eigenvalue weighted by atomic mass is 9.92. The molecule has 23 heavy (non-hydrogen) atoms. The first-order valence-corrected chi connectivity index (χ1v) is 8.83. The second-order valence-corrected chi connectivity index (χ2v) is 7.08. The molecule has 122 valence electrons. The number of likely N-dealkylation sites (tertiary alicyclic amines) is 1. The number of H-pyrrole nitrogens is 1. The number of amides is 1. The lowest BCUT2D eigenvalue weighted by molar-refractivity contribution is -0.126. The first-order chi connectivity index (χ1) is 11.2. The van der Waals surface area contributed by atoms with Gasteiger partial charge < -0.3 is 10.3 Å². The van der Waals surface area contributed by atoms with Gasteiger partial charge in [0.1, 0.15) is 0 Å². The molecule has 1 aliphatic heterocycles. The average Bonchev–Trinajstić information content (AvgIpc) is 3.29. The van der Waals surface area contributed by atoms with Crippen molar-refractivity contribution in [2.24, 2.45) is 0 Å². The molecular formula is C19H25N3O. The summed E-state index contributed by atoms with van der Waals surface area (Å²) in [4.78, 5) is 18.1. The average molecular weight is 311 g/mol. The second kappa shape index (κ2) is 6.00. The lowest BCUT2D eigenvalue weighted by Crippen LogP contribution is -2.48. The Morgan fingerprint density at radius 2 is 1.96 bits per heavy atom. The standard InChI is InChI=1S/C19H25N3O/c1-13(19(23)20-16-6-7-16)22-10-8-14(9-11-22)18-12-15-4-2-3-5-17(15)21-18/h2-5,12-14,16,21H,6-11H2,1H3,(H,20,23)/t13-/m0/s1. The van der Waals surface area contributed by atoms with E-state index in [4.69, 9.17) is 0 Å². The topological polar surface area (TPSA) is 48.1 Å². The molecule has 1 saturated heterocycles. The van der Waals surface area contributed by atoms with E-state index in [0.29, 0.717) is 12.0 Å². The first-order valence-electron chi connectivity index (χ1n) is 8.83. The van der Waals surface area contributed by atoms with Crippen molar-refractivity contribution < 1.29 is 4.79 Å². The van der Waals surface area contributed by atoms with Crippen LogP contribution >= 0.6 is 0 Å².